The van der Waals surface area contributed by atoms with Crippen molar-refractivity contribution < 1.29 is 31.0 Å². The smallest absolute Gasteiger partial charge is 0.313 e. The van der Waals surface area contributed by atoms with Gasteiger partial charge in [-0.1, -0.05) is 0 Å². The van der Waals surface area contributed by atoms with E-state index in [1.165, 1.54) is 68.8 Å². The molecule has 0 aliphatic carbocycles. The molecule has 0 unspecified atom stereocenters. The van der Waals surface area contributed by atoms with Gasteiger partial charge in [-0.15, -0.1) is 0 Å². The van der Waals surface area contributed by atoms with Gasteiger partial charge in [0.25, 0.3) is 0 Å². The van der Waals surface area contributed by atoms with Crippen molar-refractivity contribution in [2.24, 2.45) is 0 Å². The molecule has 0 aromatic rings. The number of hydrogen-bond acceptors (Lipinski definition) is 2. The summed E-state index contributed by atoms with van der Waals surface area (Å²) in [7, 11) is 0. The Morgan fingerprint density at radius 1 is 0.944 bits per heavy atom. The van der Waals surface area contributed by atoms with Crippen molar-refractivity contribution in [1.82, 2.24) is 0 Å². The zero-order valence-corrected chi connectivity index (χ0v) is 14.7. The predicted octanol–water partition coefficient (Wildman–Crippen LogP) is 4.87. The maximum Gasteiger partial charge on any atom is 0.313 e. The molecule has 0 aliphatic rings. The summed E-state index contributed by atoms with van der Waals surface area (Å²) in [5.41, 5.74) is 0. The van der Waals surface area contributed by atoms with Crippen LogP contribution in [0.5, 0.6) is 0 Å². The summed E-state index contributed by atoms with van der Waals surface area (Å²) < 4.78 is 1.32. The molecule has 0 heterocycles. The van der Waals surface area contributed by atoms with Crippen LogP contribution in [0.15, 0.2) is 0 Å². The van der Waals surface area contributed by atoms with E-state index in [4.69, 9.17) is 5.11 Å². The maximum absolute atomic E-state index is 9.29. The molecule has 0 saturated heterocycles. The minimum atomic E-state index is -0.881. The van der Waals surface area contributed by atoms with E-state index in [1.54, 1.807) is 0 Å². The third kappa shape index (κ3) is 25.4. The second-order valence-electron chi connectivity index (χ2n) is 4.38. The Balaban J connectivity index is 0. The Morgan fingerprint density at radius 3 is 1.56 bits per heavy atom. The first kappa shape index (κ1) is 20.9. The van der Waals surface area contributed by atoms with Crippen LogP contribution in [0.25, 0.3) is 0 Å². The number of aliphatic carboxylic acids is 1. The van der Waals surface area contributed by atoms with Crippen LogP contribution in [-0.2, 0) is 25.9 Å². The summed E-state index contributed by atoms with van der Waals surface area (Å²) in [5, 5.41) is 7.65. The molecule has 1 N–H and O–H groups in total. The molecule has 0 amide bonds. The van der Waals surface area contributed by atoms with E-state index in [0.717, 1.165) is 0 Å². The van der Waals surface area contributed by atoms with Gasteiger partial charge in [-0.05, 0) is 0 Å². The van der Waals surface area contributed by atoms with E-state index in [2.05, 4.69) is 40.6 Å². The van der Waals surface area contributed by atoms with Crippen molar-refractivity contribution in [2.45, 2.75) is 75.8 Å². The molecule has 0 rings (SSSR count). The van der Waals surface area contributed by atoms with Crippen LogP contribution in [-0.4, -0.2) is 16.8 Å². The van der Waals surface area contributed by atoms with Crippen molar-refractivity contribution >= 4 is 18.6 Å². The van der Waals surface area contributed by atoms with Gasteiger partial charge in [0.2, 0.25) is 0 Å². The zero-order chi connectivity index (χ0) is 14.1. The third-order valence-electron chi connectivity index (χ3n) is 2.60. The number of carboxylic acid groups (broad SMARTS) is 1. The number of carbonyl (C=O) groups is 1. The van der Waals surface area contributed by atoms with E-state index < -0.39 is 5.97 Å². The van der Waals surface area contributed by atoms with Gasteiger partial charge in [0, 0.05) is 0 Å². The molecule has 0 radical (unpaired) electrons. The number of carboxylic acids is 1. The van der Waals surface area contributed by atoms with Gasteiger partial charge in [-0.25, -0.2) is 0 Å². The standard InChI is InChI=1S/C12H25.C2H4O2S.Au/c1-3-5-7-9-11-12-10-8-6-4-2;3-2(4)1-5;/h1,3-12H2,2H3;5H,1H2,(H,3,4);. The maximum atomic E-state index is 9.29. The van der Waals surface area contributed by atoms with Crippen LogP contribution in [0.3, 0.4) is 0 Å². The monoisotopic (exact) mass is 458 g/mol. The molecule has 0 saturated carbocycles. The summed E-state index contributed by atoms with van der Waals surface area (Å²) in [6.45, 7) is 2.28. The summed E-state index contributed by atoms with van der Waals surface area (Å²) in [4.78, 5) is 9.29. The average molecular weight is 458 g/mol. The fraction of sp³-hybridized carbons (Fsp3) is 0.929. The van der Waals surface area contributed by atoms with Crippen LogP contribution in [0.2, 0.25) is 4.64 Å². The predicted molar refractivity (Wildman–Crippen MR) is 78.1 cm³/mol. The number of rotatable bonds is 11. The van der Waals surface area contributed by atoms with Crippen molar-refractivity contribution in [1.29, 1.82) is 0 Å². The molecular weight excluding hydrogens is 429 g/mol. The Morgan fingerprint density at radius 2 is 1.28 bits per heavy atom. The van der Waals surface area contributed by atoms with Crippen LogP contribution in [0.4, 0.5) is 0 Å². The summed E-state index contributed by atoms with van der Waals surface area (Å²) >= 11 is 6.05. The molecule has 4 heteroatoms. The second-order valence-corrected chi connectivity index (χ2v) is 5.78. The van der Waals surface area contributed by atoms with Gasteiger partial charge >= 0.3 is 103 Å². The van der Waals surface area contributed by atoms with E-state index in [1.807, 2.05) is 0 Å². The van der Waals surface area contributed by atoms with E-state index in [-0.39, 0.29) is 5.75 Å². The van der Waals surface area contributed by atoms with E-state index >= 15 is 0 Å². The van der Waals surface area contributed by atoms with Gasteiger partial charge in [0.1, 0.15) is 0 Å². The van der Waals surface area contributed by atoms with Crippen LogP contribution >= 0.6 is 12.6 Å². The molecule has 2 nitrogen and oxygen atoms in total. The van der Waals surface area contributed by atoms with Gasteiger partial charge in [-0.2, -0.15) is 12.6 Å². The number of unbranched alkanes of at least 4 members (excludes halogenated alkanes) is 9. The van der Waals surface area contributed by atoms with Crippen LogP contribution < -0.4 is 0 Å². The third-order valence-corrected chi connectivity index (χ3v) is 3.63. The first-order chi connectivity index (χ1) is 8.68. The summed E-state index contributed by atoms with van der Waals surface area (Å²) in [6, 6.07) is 0. The molecular formula is C14H29AuO2S. The Hall–Kier alpha value is 0.560. The molecule has 18 heavy (non-hydrogen) atoms. The van der Waals surface area contributed by atoms with Crippen molar-refractivity contribution in [3.05, 3.63) is 0 Å². The SMILES string of the molecule is CCCCCCCCCCC[CH2][Au].O=C(O)CS. The largest absolute Gasteiger partial charge is 0.481 e. The number of hydrogen-bond donors (Lipinski definition) is 2. The molecule has 0 aromatic carbocycles. The quantitative estimate of drug-likeness (QED) is 0.263. The molecule has 0 atom stereocenters. The zero-order valence-electron chi connectivity index (χ0n) is 11.6. The van der Waals surface area contributed by atoms with Gasteiger partial charge < -0.3 is 5.11 Å². The Kier molecular flexibility index (Phi) is 23.1. The summed E-state index contributed by atoms with van der Waals surface area (Å²) in [5.74, 6) is -0.965. The molecule has 0 aromatic heterocycles. The van der Waals surface area contributed by atoms with E-state index in [9.17, 15) is 4.79 Å². The molecule has 0 aliphatic heterocycles. The van der Waals surface area contributed by atoms with Crippen LogP contribution in [0, 0.1) is 0 Å². The topological polar surface area (TPSA) is 37.3 Å². The molecule has 114 valence electrons. The minimum absolute atomic E-state index is 0.0833. The fourth-order valence-electron chi connectivity index (χ4n) is 1.56. The van der Waals surface area contributed by atoms with Crippen molar-refractivity contribution in [2.75, 3.05) is 5.75 Å². The normalized spacial score (nSPS) is 9.78. The van der Waals surface area contributed by atoms with Crippen molar-refractivity contribution in [3.8, 4) is 0 Å². The Bertz CT molecular complexity index is 156. The molecule has 0 fully saturated rings. The Labute approximate surface area is 131 Å². The van der Waals surface area contributed by atoms with Crippen LogP contribution in [0.1, 0.15) is 71.1 Å². The van der Waals surface area contributed by atoms with Gasteiger partial charge in [0.05, 0.1) is 5.75 Å². The van der Waals surface area contributed by atoms with E-state index in [0.29, 0.717) is 0 Å². The summed E-state index contributed by atoms with van der Waals surface area (Å²) in [6.07, 6.45) is 14.5. The van der Waals surface area contributed by atoms with Gasteiger partial charge in [0.15, 0.2) is 0 Å². The molecule has 0 spiro atoms. The second kappa shape index (κ2) is 19.9. The first-order valence-electron chi connectivity index (χ1n) is 7.02. The first-order valence-corrected chi connectivity index (χ1v) is 9.18. The van der Waals surface area contributed by atoms with Crippen molar-refractivity contribution in [3.63, 3.8) is 0 Å². The molecule has 0 bridgehead atoms. The fourth-order valence-corrected chi connectivity index (χ4v) is 2.10. The number of thiol groups is 1. The minimum Gasteiger partial charge on any atom is -0.481 e. The average Bonchev–Trinajstić information content (AvgIpc) is 2.37. The van der Waals surface area contributed by atoms with Gasteiger partial charge in [-0.3, -0.25) is 4.79 Å².